The molecule has 4 heteroatoms. The summed E-state index contributed by atoms with van der Waals surface area (Å²) in [4.78, 5) is 11.2. The molecule has 2 aromatic carbocycles. The van der Waals surface area contributed by atoms with Gasteiger partial charge in [0, 0.05) is 0 Å². The van der Waals surface area contributed by atoms with Crippen molar-refractivity contribution in [3.63, 3.8) is 0 Å². The number of carboxylic acids is 1. The lowest BCUT2D eigenvalue weighted by Crippen LogP contribution is -2.05. The van der Waals surface area contributed by atoms with Crippen LogP contribution in [0.2, 0.25) is 0 Å². The van der Waals surface area contributed by atoms with Crippen LogP contribution >= 0.6 is 0 Å². The van der Waals surface area contributed by atoms with Gasteiger partial charge in [-0.05, 0) is 36.6 Å². The van der Waals surface area contributed by atoms with E-state index in [0.29, 0.717) is 18.1 Å². The summed E-state index contributed by atoms with van der Waals surface area (Å²) in [5, 5.41) is 9.18. The molecule has 0 aliphatic carbocycles. The Morgan fingerprint density at radius 2 is 1.90 bits per heavy atom. The van der Waals surface area contributed by atoms with Crippen molar-refractivity contribution in [1.29, 1.82) is 0 Å². The minimum atomic E-state index is -1.02. The van der Waals surface area contributed by atoms with E-state index < -0.39 is 5.97 Å². The van der Waals surface area contributed by atoms with Crippen molar-refractivity contribution in [1.82, 2.24) is 0 Å². The van der Waals surface area contributed by atoms with E-state index in [-0.39, 0.29) is 5.56 Å². The molecule has 110 valence electrons. The van der Waals surface area contributed by atoms with Gasteiger partial charge in [-0.3, -0.25) is 0 Å². The first kappa shape index (κ1) is 14.9. The van der Waals surface area contributed by atoms with Crippen LogP contribution in [0.25, 0.3) is 0 Å². The number of hydrogen-bond acceptors (Lipinski definition) is 3. The van der Waals surface area contributed by atoms with Gasteiger partial charge in [-0.25, -0.2) is 4.79 Å². The van der Waals surface area contributed by atoms with Gasteiger partial charge in [0.1, 0.15) is 17.1 Å². The second-order valence-corrected chi connectivity index (χ2v) is 4.60. The molecule has 0 heterocycles. The highest BCUT2D eigenvalue weighted by Gasteiger charge is 2.12. The van der Waals surface area contributed by atoms with Gasteiger partial charge in [0.2, 0.25) is 0 Å². The number of methoxy groups -OCH3 is 1. The highest BCUT2D eigenvalue weighted by atomic mass is 16.5. The number of hydrogen-bond donors (Lipinski definition) is 1. The zero-order valence-electron chi connectivity index (χ0n) is 11.9. The maximum atomic E-state index is 11.2. The first-order valence-corrected chi connectivity index (χ1v) is 6.79. The number of aryl methyl sites for hydroxylation is 1. The van der Waals surface area contributed by atoms with E-state index in [1.54, 1.807) is 12.1 Å². The molecular formula is C17H18O4. The van der Waals surface area contributed by atoms with Gasteiger partial charge < -0.3 is 14.6 Å². The Hall–Kier alpha value is -2.49. The summed E-state index contributed by atoms with van der Waals surface area (Å²) in [6.45, 7) is 0.474. The van der Waals surface area contributed by atoms with Crippen LogP contribution in [0.1, 0.15) is 22.3 Å². The first-order chi connectivity index (χ1) is 10.2. The fourth-order valence-corrected chi connectivity index (χ4v) is 2.03. The van der Waals surface area contributed by atoms with Crippen molar-refractivity contribution in [2.45, 2.75) is 12.8 Å². The number of ether oxygens (including phenoxy) is 2. The molecule has 0 amide bonds. The minimum absolute atomic E-state index is 0.120. The van der Waals surface area contributed by atoms with Crippen LogP contribution < -0.4 is 9.47 Å². The maximum Gasteiger partial charge on any atom is 0.339 e. The van der Waals surface area contributed by atoms with Crippen LogP contribution in [0.5, 0.6) is 11.5 Å². The summed E-state index contributed by atoms with van der Waals surface area (Å²) in [6.07, 6.45) is 1.73. The van der Waals surface area contributed by atoms with Crippen molar-refractivity contribution in [2.24, 2.45) is 0 Å². The third kappa shape index (κ3) is 4.24. The van der Waals surface area contributed by atoms with Crippen LogP contribution in [0, 0.1) is 0 Å². The number of aromatic carboxylic acids is 1. The molecule has 0 unspecified atom stereocenters. The van der Waals surface area contributed by atoms with E-state index >= 15 is 0 Å². The molecule has 2 aromatic rings. The molecule has 0 saturated carbocycles. The van der Waals surface area contributed by atoms with E-state index in [4.69, 9.17) is 9.47 Å². The number of rotatable bonds is 7. The molecule has 0 atom stereocenters. The highest BCUT2D eigenvalue weighted by Crippen LogP contribution is 2.24. The molecule has 0 spiro atoms. The zero-order chi connectivity index (χ0) is 15.1. The van der Waals surface area contributed by atoms with E-state index in [0.717, 1.165) is 12.8 Å². The average molecular weight is 286 g/mol. The molecule has 0 aliphatic heterocycles. The van der Waals surface area contributed by atoms with Crippen molar-refractivity contribution in [2.75, 3.05) is 13.7 Å². The molecule has 4 nitrogen and oxygen atoms in total. The number of benzene rings is 2. The van der Waals surface area contributed by atoms with E-state index in [2.05, 4.69) is 12.1 Å². The van der Waals surface area contributed by atoms with Crippen LogP contribution in [0.3, 0.4) is 0 Å². The molecule has 0 aromatic heterocycles. The summed E-state index contributed by atoms with van der Waals surface area (Å²) in [5.74, 6) is -0.146. The summed E-state index contributed by atoms with van der Waals surface area (Å²) < 4.78 is 10.6. The molecule has 0 radical (unpaired) electrons. The molecule has 0 bridgehead atoms. The Morgan fingerprint density at radius 3 is 2.57 bits per heavy atom. The Morgan fingerprint density at radius 1 is 1.14 bits per heavy atom. The predicted octanol–water partition coefficient (Wildman–Crippen LogP) is 3.41. The average Bonchev–Trinajstić information content (AvgIpc) is 2.52. The lowest BCUT2D eigenvalue weighted by molar-refractivity contribution is 0.0691. The number of carboxylic acid groups (broad SMARTS) is 1. The normalized spacial score (nSPS) is 10.1. The van der Waals surface area contributed by atoms with Crippen molar-refractivity contribution < 1.29 is 19.4 Å². The topological polar surface area (TPSA) is 55.8 Å². The van der Waals surface area contributed by atoms with Gasteiger partial charge in [-0.15, -0.1) is 0 Å². The quantitative estimate of drug-likeness (QED) is 0.792. The van der Waals surface area contributed by atoms with Gasteiger partial charge in [0.05, 0.1) is 13.7 Å². The molecule has 0 saturated heterocycles. The van der Waals surface area contributed by atoms with Crippen LogP contribution in [0.15, 0.2) is 48.5 Å². The lowest BCUT2D eigenvalue weighted by Gasteiger charge is -2.10. The van der Waals surface area contributed by atoms with Gasteiger partial charge in [-0.1, -0.05) is 30.3 Å². The second kappa shape index (κ2) is 7.33. The summed E-state index contributed by atoms with van der Waals surface area (Å²) in [7, 11) is 1.50. The maximum absolute atomic E-state index is 11.2. The molecule has 0 fully saturated rings. The summed E-state index contributed by atoms with van der Waals surface area (Å²) in [5.41, 5.74) is 1.36. The van der Waals surface area contributed by atoms with Crippen molar-refractivity contribution in [3.8, 4) is 11.5 Å². The Kier molecular flexibility index (Phi) is 5.21. The SMILES string of the molecule is COc1ccc(OCCCc2ccccc2)c(C(=O)O)c1. The molecule has 21 heavy (non-hydrogen) atoms. The van der Waals surface area contributed by atoms with Gasteiger partial charge >= 0.3 is 5.97 Å². The summed E-state index contributed by atoms with van der Waals surface area (Å²) >= 11 is 0. The van der Waals surface area contributed by atoms with E-state index in [1.165, 1.54) is 18.7 Å². The fourth-order valence-electron chi connectivity index (χ4n) is 2.03. The standard InChI is InChI=1S/C17H18O4/c1-20-14-9-10-16(15(12-14)17(18)19)21-11-5-8-13-6-3-2-4-7-13/h2-4,6-7,9-10,12H,5,8,11H2,1H3,(H,18,19). The predicted molar refractivity (Wildman–Crippen MR) is 80.2 cm³/mol. The van der Waals surface area contributed by atoms with Gasteiger partial charge in [0.15, 0.2) is 0 Å². The summed E-state index contributed by atoms with van der Waals surface area (Å²) in [6, 6.07) is 14.9. The van der Waals surface area contributed by atoms with Crippen molar-refractivity contribution in [3.05, 3.63) is 59.7 Å². The van der Waals surface area contributed by atoms with Crippen LogP contribution in [-0.4, -0.2) is 24.8 Å². The monoisotopic (exact) mass is 286 g/mol. The molecule has 2 rings (SSSR count). The van der Waals surface area contributed by atoms with Gasteiger partial charge in [0.25, 0.3) is 0 Å². The first-order valence-electron chi connectivity index (χ1n) is 6.79. The van der Waals surface area contributed by atoms with Gasteiger partial charge in [-0.2, -0.15) is 0 Å². The lowest BCUT2D eigenvalue weighted by atomic mass is 10.1. The third-order valence-electron chi connectivity index (χ3n) is 3.13. The Balaban J connectivity index is 1.92. The Bertz CT molecular complexity index is 593. The van der Waals surface area contributed by atoms with Crippen LogP contribution in [-0.2, 0) is 6.42 Å². The largest absolute Gasteiger partial charge is 0.497 e. The van der Waals surface area contributed by atoms with E-state index in [9.17, 15) is 9.90 Å². The van der Waals surface area contributed by atoms with E-state index in [1.807, 2.05) is 18.2 Å². The van der Waals surface area contributed by atoms with Crippen molar-refractivity contribution >= 4 is 5.97 Å². The molecule has 1 N–H and O–H groups in total. The molecule has 0 aliphatic rings. The Labute approximate surface area is 123 Å². The fraction of sp³-hybridized carbons (Fsp3) is 0.235. The molecular weight excluding hydrogens is 268 g/mol. The zero-order valence-corrected chi connectivity index (χ0v) is 11.9. The number of carbonyl (C=O) groups is 1. The highest BCUT2D eigenvalue weighted by molar-refractivity contribution is 5.91. The third-order valence-corrected chi connectivity index (χ3v) is 3.13. The van der Waals surface area contributed by atoms with Crippen LogP contribution in [0.4, 0.5) is 0 Å². The smallest absolute Gasteiger partial charge is 0.339 e. The second-order valence-electron chi connectivity index (χ2n) is 4.60. The minimum Gasteiger partial charge on any atom is -0.497 e.